The molecule has 0 amide bonds. The first-order chi connectivity index (χ1) is 24.5. The summed E-state index contributed by atoms with van der Waals surface area (Å²) in [5.74, 6) is 3.00. The molecule has 8 aromatic rings. The summed E-state index contributed by atoms with van der Waals surface area (Å²) < 4.78 is 26.6. The van der Waals surface area contributed by atoms with Crippen molar-refractivity contribution < 1.29 is 18.9 Å². The van der Waals surface area contributed by atoms with Gasteiger partial charge in [-0.3, -0.25) is 0 Å². The molecule has 2 aromatic heterocycles. The monoisotopic (exact) mass is 654 g/mol. The number of aromatic nitrogens is 2. The molecule has 0 bridgehead atoms. The van der Waals surface area contributed by atoms with Crippen LogP contribution in [0.1, 0.15) is 5.56 Å². The second-order valence-corrected chi connectivity index (χ2v) is 11.9. The molecule has 0 aliphatic heterocycles. The van der Waals surface area contributed by atoms with Crippen molar-refractivity contribution in [2.75, 3.05) is 28.4 Å². The lowest BCUT2D eigenvalue weighted by atomic mass is 9.97. The van der Waals surface area contributed by atoms with Gasteiger partial charge >= 0.3 is 0 Å². The first-order valence-corrected chi connectivity index (χ1v) is 15.9. The third kappa shape index (κ3) is 4.66. The van der Waals surface area contributed by atoms with Gasteiger partial charge in [-0.15, -0.1) is 0 Å². The van der Waals surface area contributed by atoms with Crippen LogP contribution in [0.5, 0.6) is 23.0 Å². The van der Waals surface area contributed by atoms with Crippen LogP contribution in [0.3, 0.4) is 0 Å². The molecule has 8 nitrogen and oxygen atoms in total. The highest BCUT2D eigenvalue weighted by molar-refractivity contribution is 6.11. The van der Waals surface area contributed by atoms with Gasteiger partial charge in [0.15, 0.2) is 5.69 Å². The summed E-state index contributed by atoms with van der Waals surface area (Å²) in [7, 11) is 6.63. The fourth-order valence-electron chi connectivity index (χ4n) is 7.00. The molecule has 6 aromatic carbocycles. The van der Waals surface area contributed by atoms with E-state index < -0.39 is 0 Å². The van der Waals surface area contributed by atoms with E-state index in [4.69, 9.17) is 25.5 Å². The molecule has 8 heteroatoms. The Morgan fingerprint density at radius 3 is 1.24 bits per heavy atom. The molecular formula is C42H30N4O4. The first-order valence-electron chi connectivity index (χ1n) is 15.9. The highest BCUT2D eigenvalue weighted by atomic mass is 16.5. The minimum atomic E-state index is 0.447. The van der Waals surface area contributed by atoms with Crippen LogP contribution in [0.2, 0.25) is 0 Å². The van der Waals surface area contributed by atoms with Gasteiger partial charge in [-0.1, -0.05) is 6.07 Å². The van der Waals surface area contributed by atoms with E-state index in [9.17, 15) is 5.26 Å². The molecule has 8 rings (SSSR count). The van der Waals surface area contributed by atoms with Crippen molar-refractivity contribution in [1.82, 2.24) is 9.13 Å². The van der Waals surface area contributed by atoms with Gasteiger partial charge in [0, 0.05) is 32.9 Å². The van der Waals surface area contributed by atoms with Crippen molar-refractivity contribution in [2.24, 2.45) is 0 Å². The Morgan fingerprint density at radius 2 is 0.880 bits per heavy atom. The lowest BCUT2D eigenvalue weighted by molar-refractivity contribution is 0.415. The molecule has 0 spiro atoms. The van der Waals surface area contributed by atoms with Crippen LogP contribution in [0.4, 0.5) is 5.69 Å². The van der Waals surface area contributed by atoms with Gasteiger partial charge in [-0.25, -0.2) is 4.85 Å². The number of hydrogen-bond acceptors (Lipinski definition) is 5. The third-order valence-corrected chi connectivity index (χ3v) is 9.39. The molecule has 0 aliphatic carbocycles. The highest BCUT2D eigenvalue weighted by Gasteiger charge is 2.20. The molecule has 2 heterocycles. The average Bonchev–Trinajstić information content (AvgIpc) is 3.68. The van der Waals surface area contributed by atoms with Gasteiger partial charge in [0.2, 0.25) is 0 Å². The van der Waals surface area contributed by atoms with Crippen molar-refractivity contribution in [3.05, 3.63) is 126 Å². The lowest BCUT2D eigenvalue weighted by Gasteiger charge is -2.15. The Kier molecular flexibility index (Phi) is 7.28. The Hall–Kier alpha value is -6.90. The fraction of sp³-hybridized carbons (Fsp3) is 0.0952. The quantitative estimate of drug-likeness (QED) is 0.160. The third-order valence-electron chi connectivity index (χ3n) is 9.39. The average molecular weight is 655 g/mol. The molecule has 242 valence electrons. The number of nitriles is 1. The number of ether oxygens (including phenoxy) is 4. The second kappa shape index (κ2) is 12.0. The molecule has 50 heavy (non-hydrogen) atoms. The number of fused-ring (bicyclic) bond motifs is 6. The van der Waals surface area contributed by atoms with Gasteiger partial charge in [-0.05, 0) is 114 Å². The summed E-state index contributed by atoms with van der Waals surface area (Å²) in [5.41, 5.74) is 7.84. The van der Waals surface area contributed by atoms with E-state index in [0.717, 1.165) is 78.0 Å². The largest absolute Gasteiger partial charge is 0.497 e. The standard InChI is InChI=1S/C42H30N4O4/c1-44-38-13-8-27(46-41-16-11-30(49-4)22-36(41)37-23-31(50-5)12-17-42(37)46)19-33(38)32-18-26(7-6-25(32)24-43)45-39-14-9-28(47-2)20-34(39)35-21-29(48-3)10-15-40(35)45/h6-23H,2-5H3. The van der Waals surface area contributed by atoms with E-state index in [-0.39, 0.29) is 0 Å². The van der Waals surface area contributed by atoms with Crippen LogP contribution < -0.4 is 18.9 Å². The van der Waals surface area contributed by atoms with E-state index in [1.165, 1.54) is 0 Å². The van der Waals surface area contributed by atoms with Crippen LogP contribution >= 0.6 is 0 Å². The van der Waals surface area contributed by atoms with Gasteiger partial charge in [0.05, 0.1) is 68.7 Å². The molecule has 0 saturated heterocycles. The summed E-state index contributed by atoms with van der Waals surface area (Å²) in [5, 5.41) is 14.4. The first kappa shape index (κ1) is 30.4. The van der Waals surface area contributed by atoms with E-state index in [2.05, 4.69) is 20.0 Å². The predicted octanol–water partition coefficient (Wildman–Crippen LogP) is 10.0. The normalized spacial score (nSPS) is 11.2. The van der Waals surface area contributed by atoms with Crippen LogP contribution in [-0.4, -0.2) is 37.6 Å². The minimum absolute atomic E-state index is 0.447. The summed E-state index contributed by atoms with van der Waals surface area (Å²) in [6.45, 7) is 8.12. The van der Waals surface area contributed by atoms with E-state index in [0.29, 0.717) is 22.4 Å². The smallest absolute Gasteiger partial charge is 0.195 e. The molecular weight excluding hydrogens is 624 g/mol. The van der Waals surface area contributed by atoms with Crippen molar-refractivity contribution in [2.45, 2.75) is 0 Å². The van der Waals surface area contributed by atoms with Crippen LogP contribution in [0.15, 0.2) is 109 Å². The maximum Gasteiger partial charge on any atom is 0.195 e. The van der Waals surface area contributed by atoms with Crippen LogP contribution in [0, 0.1) is 17.9 Å². The Balaban J connectivity index is 1.38. The van der Waals surface area contributed by atoms with Crippen molar-refractivity contribution >= 4 is 49.3 Å². The second-order valence-electron chi connectivity index (χ2n) is 11.9. The Labute approximate surface area is 288 Å². The molecule has 0 saturated carbocycles. The fourth-order valence-corrected chi connectivity index (χ4v) is 7.00. The summed E-state index contributed by atoms with van der Waals surface area (Å²) in [6.07, 6.45) is 0. The number of rotatable bonds is 7. The topological polar surface area (TPSA) is 74.9 Å². The molecule has 0 aliphatic rings. The summed E-state index contributed by atoms with van der Waals surface area (Å²) in [6, 6.07) is 38.0. The number of nitrogens with zero attached hydrogens (tertiary/aromatic N) is 4. The van der Waals surface area contributed by atoms with Crippen molar-refractivity contribution in [3.8, 4) is 51.6 Å². The maximum atomic E-state index is 10.4. The zero-order valence-electron chi connectivity index (χ0n) is 27.8. The molecule has 0 fully saturated rings. The SMILES string of the molecule is [C-]#[N+]c1ccc(-n2c3ccc(OC)cc3c3cc(OC)ccc32)cc1-c1cc(-n2c3ccc(OC)cc3c3cc(OC)ccc32)ccc1C#N. The zero-order valence-corrected chi connectivity index (χ0v) is 27.8. The molecule has 0 atom stereocenters. The van der Waals surface area contributed by atoms with Gasteiger partial charge in [-0.2, -0.15) is 5.26 Å². The van der Waals surface area contributed by atoms with Crippen molar-refractivity contribution in [3.63, 3.8) is 0 Å². The molecule has 0 unspecified atom stereocenters. The van der Waals surface area contributed by atoms with E-state index >= 15 is 0 Å². The highest BCUT2D eigenvalue weighted by Crippen LogP contribution is 2.42. The van der Waals surface area contributed by atoms with E-state index in [1.54, 1.807) is 28.4 Å². The summed E-state index contributed by atoms with van der Waals surface area (Å²) in [4.78, 5) is 3.91. The number of methoxy groups -OCH3 is 4. The Morgan fingerprint density at radius 1 is 0.500 bits per heavy atom. The van der Waals surface area contributed by atoms with E-state index in [1.807, 2.05) is 109 Å². The molecule has 0 N–H and O–H groups in total. The lowest BCUT2D eigenvalue weighted by Crippen LogP contribution is -1.98. The van der Waals surface area contributed by atoms with Crippen LogP contribution in [0.25, 0.3) is 71.0 Å². The Bertz CT molecular complexity index is 2430. The maximum absolute atomic E-state index is 10.4. The van der Waals surface area contributed by atoms with Gasteiger partial charge in [0.25, 0.3) is 0 Å². The predicted molar refractivity (Wildman–Crippen MR) is 198 cm³/mol. The van der Waals surface area contributed by atoms with Gasteiger partial charge in [0.1, 0.15) is 23.0 Å². The number of hydrogen-bond donors (Lipinski definition) is 0. The summed E-state index contributed by atoms with van der Waals surface area (Å²) >= 11 is 0. The molecule has 0 radical (unpaired) electrons. The van der Waals surface area contributed by atoms with Crippen LogP contribution in [-0.2, 0) is 0 Å². The number of benzene rings is 6. The van der Waals surface area contributed by atoms with Gasteiger partial charge < -0.3 is 28.1 Å². The van der Waals surface area contributed by atoms with Crippen molar-refractivity contribution in [1.29, 1.82) is 5.26 Å². The minimum Gasteiger partial charge on any atom is -0.497 e. The zero-order chi connectivity index (χ0) is 34.5.